The maximum Gasteiger partial charge on any atom is 0.325 e. The number of urea groups is 1. The van der Waals surface area contributed by atoms with Gasteiger partial charge in [-0.2, -0.15) is 0 Å². The maximum atomic E-state index is 14.3. The summed E-state index contributed by atoms with van der Waals surface area (Å²) in [5.41, 5.74) is -0.800. The lowest BCUT2D eigenvalue weighted by Crippen LogP contribution is -2.41. The number of hydrogen-bond acceptors (Lipinski definition) is 4. The summed E-state index contributed by atoms with van der Waals surface area (Å²) >= 11 is 0. The topological polar surface area (TPSA) is 75.4 Å². The van der Waals surface area contributed by atoms with Crippen LogP contribution in [0.1, 0.15) is 23.9 Å². The number of aromatic nitrogens is 1. The highest BCUT2D eigenvalue weighted by atomic mass is 19.1. The molecular formula is C21H17F2N3O3. The molecule has 1 aliphatic rings. The summed E-state index contributed by atoms with van der Waals surface area (Å²) in [6, 6.07) is 11.3. The van der Waals surface area contributed by atoms with Gasteiger partial charge in [-0.1, -0.05) is 18.2 Å². The molecule has 0 aliphatic carbocycles. The van der Waals surface area contributed by atoms with Crippen LogP contribution in [0, 0.1) is 18.6 Å². The molecule has 1 fully saturated rings. The molecule has 1 aromatic heterocycles. The highest BCUT2D eigenvalue weighted by Gasteiger charge is 2.50. The summed E-state index contributed by atoms with van der Waals surface area (Å²) in [7, 11) is 0. The van der Waals surface area contributed by atoms with Crippen LogP contribution in [0.3, 0.4) is 0 Å². The average Bonchev–Trinajstić information content (AvgIpc) is 3.17. The van der Waals surface area contributed by atoms with E-state index in [1.807, 2.05) is 30.3 Å². The van der Waals surface area contributed by atoms with Gasteiger partial charge in [0.2, 0.25) is 5.89 Å². The standard InChI is InChI=1S/C21H17F2N3O3/c1-12-17(24-18(29-12)13-6-4-3-5-7-13)11-26-19(27)21(2,25-20(26)28)15-10-14(22)8-9-16(15)23/h3-10H,11H2,1-2H3,(H,25,28). The predicted octanol–water partition coefficient (Wildman–Crippen LogP) is 3.90. The van der Waals surface area contributed by atoms with Crippen molar-refractivity contribution in [2.24, 2.45) is 0 Å². The molecule has 1 unspecified atom stereocenters. The lowest BCUT2D eigenvalue weighted by atomic mass is 9.91. The van der Waals surface area contributed by atoms with E-state index >= 15 is 0 Å². The van der Waals surface area contributed by atoms with E-state index in [0.717, 1.165) is 28.7 Å². The molecule has 3 aromatic rings. The molecule has 4 rings (SSSR count). The molecule has 0 saturated carbocycles. The minimum Gasteiger partial charge on any atom is -0.441 e. The third kappa shape index (κ3) is 3.16. The van der Waals surface area contributed by atoms with E-state index in [4.69, 9.17) is 4.42 Å². The number of oxazole rings is 1. The van der Waals surface area contributed by atoms with Gasteiger partial charge in [0.1, 0.15) is 28.6 Å². The van der Waals surface area contributed by atoms with Crippen LogP contribution in [-0.2, 0) is 16.9 Å². The van der Waals surface area contributed by atoms with Crippen molar-refractivity contribution in [3.05, 3.63) is 77.2 Å². The van der Waals surface area contributed by atoms with Crippen LogP contribution in [0.5, 0.6) is 0 Å². The first-order chi connectivity index (χ1) is 13.8. The Morgan fingerprint density at radius 2 is 1.86 bits per heavy atom. The van der Waals surface area contributed by atoms with Gasteiger partial charge in [0.25, 0.3) is 5.91 Å². The van der Waals surface area contributed by atoms with E-state index in [1.54, 1.807) is 6.92 Å². The van der Waals surface area contributed by atoms with Gasteiger partial charge in [0.15, 0.2) is 0 Å². The predicted molar refractivity (Wildman–Crippen MR) is 99.5 cm³/mol. The van der Waals surface area contributed by atoms with E-state index in [-0.39, 0.29) is 12.1 Å². The van der Waals surface area contributed by atoms with Gasteiger partial charge < -0.3 is 9.73 Å². The van der Waals surface area contributed by atoms with Crippen molar-refractivity contribution < 1.29 is 22.8 Å². The lowest BCUT2D eigenvalue weighted by Gasteiger charge is -2.22. The number of nitrogens with zero attached hydrogens (tertiary/aromatic N) is 2. The summed E-state index contributed by atoms with van der Waals surface area (Å²) in [6.07, 6.45) is 0. The second-order valence-electron chi connectivity index (χ2n) is 6.96. The Morgan fingerprint density at radius 3 is 2.59 bits per heavy atom. The Bertz CT molecular complexity index is 1110. The second kappa shape index (κ2) is 6.80. The summed E-state index contributed by atoms with van der Waals surface area (Å²) in [5.74, 6) is -1.37. The van der Waals surface area contributed by atoms with Gasteiger partial charge >= 0.3 is 6.03 Å². The maximum absolute atomic E-state index is 14.3. The van der Waals surface area contributed by atoms with Crippen LogP contribution in [-0.4, -0.2) is 21.8 Å². The molecule has 1 saturated heterocycles. The number of hydrogen-bond donors (Lipinski definition) is 1. The Kier molecular flexibility index (Phi) is 4.41. The van der Waals surface area contributed by atoms with Gasteiger partial charge in [0, 0.05) is 11.1 Å². The number of imide groups is 1. The van der Waals surface area contributed by atoms with Crippen LogP contribution in [0.15, 0.2) is 52.9 Å². The number of amides is 3. The van der Waals surface area contributed by atoms with Crippen LogP contribution < -0.4 is 5.32 Å². The Labute approximate surface area is 165 Å². The third-order valence-corrected chi connectivity index (χ3v) is 4.96. The first kappa shape index (κ1) is 18.8. The highest BCUT2D eigenvalue weighted by molar-refractivity contribution is 6.07. The molecular weight excluding hydrogens is 380 g/mol. The normalized spacial score (nSPS) is 19.0. The van der Waals surface area contributed by atoms with Crippen molar-refractivity contribution in [1.29, 1.82) is 0 Å². The van der Waals surface area contributed by atoms with E-state index in [1.165, 1.54) is 6.92 Å². The SMILES string of the molecule is Cc1oc(-c2ccccc2)nc1CN1C(=O)NC(C)(c2cc(F)ccc2F)C1=O. The fourth-order valence-corrected chi connectivity index (χ4v) is 3.33. The van der Waals surface area contributed by atoms with Gasteiger partial charge in [0.05, 0.1) is 6.54 Å². The number of nitrogens with one attached hydrogen (secondary N) is 1. The molecule has 148 valence electrons. The molecule has 29 heavy (non-hydrogen) atoms. The third-order valence-electron chi connectivity index (χ3n) is 4.96. The molecule has 8 heteroatoms. The monoisotopic (exact) mass is 397 g/mol. The first-order valence-corrected chi connectivity index (χ1v) is 8.91. The van der Waals surface area contributed by atoms with Gasteiger partial charge in [-0.25, -0.2) is 18.6 Å². The van der Waals surface area contributed by atoms with Crippen molar-refractivity contribution in [2.45, 2.75) is 25.9 Å². The number of halogens is 2. The Hall–Kier alpha value is -3.55. The number of carbonyl (C=O) groups is 2. The molecule has 0 bridgehead atoms. The van der Waals surface area contributed by atoms with Gasteiger partial charge in [-0.15, -0.1) is 0 Å². The minimum absolute atomic E-state index is 0.153. The quantitative estimate of drug-likeness (QED) is 0.678. The molecule has 6 nitrogen and oxygen atoms in total. The highest BCUT2D eigenvalue weighted by Crippen LogP contribution is 2.32. The van der Waals surface area contributed by atoms with Gasteiger partial charge in [-0.05, 0) is 44.2 Å². The van der Waals surface area contributed by atoms with Gasteiger partial charge in [-0.3, -0.25) is 9.69 Å². The van der Waals surface area contributed by atoms with Crippen LogP contribution in [0.2, 0.25) is 0 Å². The zero-order chi connectivity index (χ0) is 20.8. The molecule has 0 radical (unpaired) electrons. The number of benzene rings is 2. The zero-order valence-electron chi connectivity index (χ0n) is 15.7. The number of rotatable bonds is 4. The van der Waals surface area contributed by atoms with Crippen LogP contribution >= 0.6 is 0 Å². The zero-order valence-corrected chi connectivity index (χ0v) is 15.7. The molecule has 1 aliphatic heterocycles. The van der Waals surface area contributed by atoms with E-state index in [0.29, 0.717) is 17.3 Å². The Balaban J connectivity index is 1.64. The van der Waals surface area contributed by atoms with Crippen LogP contribution in [0.4, 0.5) is 13.6 Å². The van der Waals surface area contributed by atoms with Crippen molar-refractivity contribution in [1.82, 2.24) is 15.2 Å². The number of aryl methyl sites for hydroxylation is 1. The molecule has 1 N–H and O–H groups in total. The molecule has 1 atom stereocenters. The average molecular weight is 397 g/mol. The van der Waals surface area contributed by atoms with Crippen LogP contribution in [0.25, 0.3) is 11.5 Å². The lowest BCUT2D eigenvalue weighted by molar-refractivity contribution is -0.131. The fourth-order valence-electron chi connectivity index (χ4n) is 3.33. The largest absolute Gasteiger partial charge is 0.441 e. The first-order valence-electron chi connectivity index (χ1n) is 8.91. The van der Waals surface area contributed by atoms with E-state index in [9.17, 15) is 18.4 Å². The molecule has 2 aromatic carbocycles. The molecule has 2 heterocycles. The molecule has 3 amide bonds. The fraction of sp³-hybridized carbons (Fsp3) is 0.190. The second-order valence-corrected chi connectivity index (χ2v) is 6.96. The summed E-state index contributed by atoms with van der Waals surface area (Å²) in [4.78, 5) is 30.8. The number of carbonyl (C=O) groups excluding carboxylic acids is 2. The van der Waals surface area contributed by atoms with Crippen molar-refractivity contribution in [3.63, 3.8) is 0 Å². The van der Waals surface area contributed by atoms with E-state index < -0.39 is 29.1 Å². The minimum atomic E-state index is -1.72. The van der Waals surface area contributed by atoms with Crippen molar-refractivity contribution in [3.8, 4) is 11.5 Å². The van der Waals surface area contributed by atoms with E-state index in [2.05, 4.69) is 10.3 Å². The summed E-state index contributed by atoms with van der Waals surface area (Å²) < 4.78 is 33.6. The van der Waals surface area contributed by atoms with Crippen molar-refractivity contribution >= 4 is 11.9 Å². The summed E-state index contributed by atoms with van der Waals surface area (Å²) in [5, 5.41) is 2.47. The smallest absolute Gasteiger partial charge is 0.325 e. The summed E-state index contributed by atoms with van der Waals surface area (Å²) in [6.45, 7) is 2.87. The van der Waals surface area contributed by atoms with Crippen molar-refractivity contribution in [2.75, 3.05) is 0 Å². The molecule has 0 spiro atoms. The Morgan fingerprint density at radius 1 is 1.14 bits per heavy atom.